The van der Waals surface area contributed by atoms with Gasteiger partial charge in [-0.25, -0.2) is 4.98 Å². The summed E-state index contributed by atoms with van der Waals surface area (Å²) >= 11 is 1.75. The van der Waals surface area contributed by atoms with E-state index < -0.39 is 0 Å². The standard InChI is InChI=1S/C16H30N4S.HI/c1-12(2)8-9-13(3)20-16(17-5)18-10-6-7-15-19-14(4)11-21-15;/h11-13H,6-10H2,1-5H3,(H2,17,18,20);1H. The van der Waals surface area contributed by atoms with Crippen LogP contribution in [0.25, 0.3) is 0 Å². The number of rotatable bonds is 8. The predicted octanol–water partition coefficient (Wildman–Crippen LogP) is 3.99. The SMILES string of the molecule is CN=C(NCCCc1nc(C)cs1)NC(C)CCC(C)C.I. The molecule has 0 fully saturated rings. The van der Waals surface area contributed by atoms with Crippen molar-refractivity contribution in [2.75, 3.05) is 13.6 Å². The molecule has 1 aromatic heterocycles. The van der Waals surface area contributed by atoms with Gasteiger partial charge in [0.15, 0.2) is 5.96 Å². The number of halogens is 1. The van der Waals surface area contributed by atoms with Crippen molar-refractivity contribution in [3.63, 3.8) is 0 Å². The van der Waals surface area contributed by atoms with Crippen molar-refractivity contribution in [1.82, 2.24) is 15.6 Å². The fourth-order valence-electron chi connectivity index (χ4n) is 2.05. The third kappa shape index (κ3) is 9.61. The highest BCUT2D eigenvalue weighted by Gasteiger charge is 2.06. The summed E-state index contributed by atoms with van der Waals surface area (Å²) in [6, 6.07) is 0.459. The first-order valence-electron chi connectivity index (χ1n) is 7.89. The fraction of sp³-hybridized carbons (Fsp3) is 0.750. The predicted molar refractivity (Wildman–Crippen MR) is 109 cm³/mol. The van der Waals surface area contributed by atoms with E-state index in [1.165, 1.54) is 17.8 Å². The molecule has 0 aliphatic heterocycles. The topological polar surface area (TPSA) is 49.3 Å². The fourth-order valence-corrected chi connectivity index (χ4v) is 2.87. The van der Waals surface area contributed by atoms with Gasteiger partial charge in [-0.05, 0) is 39.0 Å². The normalized spacial score (nSPS) is 12.9. The molecule has 0 bridgehead atoms. The van der Waals surface area contributed by atoms with Crippen molar-refractivity contribution < 1.29 is 0 Å². The van der Waals surface area contributed by atoms with Gasteiger partial charge in [-0.1, -0.05) is 13.8 Å². The Balaban J connectivity index is 0.00000441. The highest BCUT2D eigenvalue weighted by atomic mass is 127. The van der Waals surface area contributed by atoms with E-state index in [4.69, 9.17) is 0 Å². The van der Waals surface area contributed by atoms with Crippen LogP contribution in [0.4, 0.5) is 0 Å². The van der Waals surface area contributed by atoms with Crippen LogP contribution in [0.3, 0.4) is 0 Å². The monoisotopic (exact) mass is 438 g/mol. The Kier molecular flexibility index (Phi) is 11.9. The minimum absolute atomic E-state index is 0. The molecule has 0 aliphatic rings. The number of hydrogen-bond acceptors (Lipinski definition) is 3. The summed E-state index contributed by atoms with van der Waals surface area (Å²) in [5.41, 5.74) is 1.12. The quantitative estimate of drug-likeness (QED) is 0.279. The van der Waals surface area contributed by atoms with Gasteiger partial charge < -0.3 is 10.6 Å². The largest absolute Gasteiger partial charge is 0.356 e. The second-order valence-corrected chi connectivity index (χ2v) is 6.94. The van der Waals surface area contributed by atoms with E-state index >= 15 is 0 Å². The average molecular weight is 438 g/mol. The number of aryl methyl sites for hydroxylation is 2. The second-order valence-electron chi connectivity index (χ2n) is 6.00. The van der Waals surface area contributed by atoms with Gasteiger partial charge >= 0.3 is 0 Å². The van der Waals surface area contributed by atoms with E-state index in [2.05, 4.69) is 46.8 Å². The molecule has 1 rings (SSSR count). The molecule has 0 saturated heterocycles. The van der Waals surface area contributed by atoms with Crippen molar-refractivity contribution >= 4 is 41.3 Å². The van der Waals surface area contributed by atoms with Crippen molar-refractivity contribution in [2.45, 2.75) is 59.4 Å². The van der Waals surface area contributed by atoms with E-state index in [1.54, 1.807) is 11.3 Å². The van der Waals surface area contributed by atoms with Gasteiger partial charge in [0.2, 0.25) is 0 Å². The lowest BCUT2D eigenvalue weighted by Crippen LogP contribution is -2.42. The number of guanidine groups is 1. The molecule has 0 aromatic carbocycles. The summed E-state index contributed by atoms with van der Waals surface area (Å²) in [4.78, 5) is 8.77. The lowest BCUT2D eigenvalue weighted by Gasteiger charge is -2.18. The molecule has 0 spiro atoms. The van der Waals surface area contributed by atoms with E-state index in [0.717, 1.165) is 37.0 Å². The van der Waals surface area contributed by atoms with Crippen molar-refractivity contribution in [1.29, 1.82) is 0 Å². The Bertz CT molecular complexity index is 432. The third-order valence-corrected chi connectivity index (χ3v) is 4.34. The van der Waals surface area contributed by atoms with E-state index in [9.17, 15) is 0 Å². The number of nitrogens with zero attached hydrogens (tertiary/aromatic N) is 2. The Morgan fingerprint density at radius 1 is 1.32 bits per heavy atom. The molecule has 4 nitrogen and oxygen atoms in total. The molecular formula is C16H31IN4S. The summed E-state index contributed by atoms with van der Waals surface area (Å²) in [6.07, 6.45) is 4.53. The van der Waals surface area contributed by atoms with Crippen LogP contribution in [-0.4, -0.2) is 30.6 Å². The molecule has 1 atom stereocenters. The average Bonchev–Trinajstić information content (AvgIpc) is 2.85. The van der Waals surface area contributed by atoms with Gasteiger partial charge in [-0.15, -0.1) is 35.3 Å². The summed E-state index contributed by atoms with van der Waals surface area (Å²) in [5.74, 6) is 1.66. The van der Waals surface area contributed by atoms with Crippen LogP contribution in [0.15, 0.2) is 10.4 Å². The zero-order valence-corrected chi connectivity index (χ0v) is 17.6. The molecule has 22 heavy (non-hydrogen) atoms. The molecule has 6 heteroatoms. The molecule has 1 aromatic rings. The molecule has 1 unspecified atom stereocenters. The maximum atomic E-state index is 4.48. The van der Waals surface area contributed by atoms with Gasteiger partial charge in [0.1, 0.15) is 0 Å². The van der Waals surface area contributed by atoms with Crippen molar-refractivity contribution in [2.24, 2.45) is 10.9 Å². The molecule has 128 valence electrons. The number of hydrogen-bond donors (Lipinski definition) is 2. The molecule has 0 aliphatic carbocycles. The van der Waals surface area contributed by atoms with Crippen molar-refractivity contribution in [3.05, 3.63) is 16.1 Å². The summed E-state index contributed by atoms with van der Waals surface area (Å²) in [6.45, 7) is 9.71. The third-order valence-electron chi connectivity index (χ3n) is 3.31. The van der Waals surface area contributed by atoms with Crippen LogP contribution in [0.2, 0.25) is 0 Å². The summed E-state index contributed by atoms with van der Waals surface area (Å²) in [7, 11) is 1.83. The van der Waals surface area contributed by atoms with Crippen LogP contribution >= 0.6 is 35.3 Å². The highest BCUT2D eigenvalue weighted by Crippen LogP contribution is 2.10. The number of thiazole rings is 1. The Morgan fingerprint density at radius 2 is 2.05 bits per heavy atom. The molecule has 0 radical (unpaired) electrons. The zero-order valence-electron chi connectivity index (χ0n) is 14.5. The maximum Gasteiger partial charge on any atom is 0.191 e. The number of aromatic nitrogens is 1. The first kappa shape index (κ1) is 21.6. The summed E-state index contributed by atoms with van der Waals surface area (Å²) < 4.78 is 0. The van der Waals surface area contributed by atoms with Gasteiger partial charge in [-0.3, -0.25) is 4.99 Å². The first-order valence-corrected chi connectivity index (χ1v) is 8.77. The van der Waals surface area contributed by atoms with Crippen LogP contribution in [-0.2, 0) is 6.42 Å². The Labute approximate surface area is 156 Å². The highest BCUT2D eigenvalue weighted by molar-refractivity contribution is 14.0. The van der Waals surface area contributed by atoms with Crippen LogP contribution in [0.1, 0.15) is 50.7 Å². The van der Waals surface area contributed by atoms with Gasteiger partial charge in [0, 0.05) is 37.1 Å². The van der Waals surface area contributed by atoms with Gasteiger partial charge in [0.25, 0.3) is 0 Å². The van der Waals surface area contributed by atoms with Gasteiger partial charge in [0.05, 0.1) is 5.01 Å². The smallest absolute Gasteiger partial charge is 0.191 e. The molecule has 1 heterocycles. The maximum absolute atomic E-state index is 4.48. The molecule has 0 amide bonds. The first-order chi connectivity index (χ1) is 10.0. The number of aliphatic imine (C=N–C) groups is 1. The zero-order chi connectivity index (χ0) is 15.7. The van der Waals surface area contributed by atoms with E-state index in [0.29, 0.717) is 6.04 Å². The lowest BCUT2D eigenvalue weighted by atomic mass is 10.0. The second kappa shape index (κ2) is 12.1. The lowest BCUT2D eigenvalue weighted by molar-refractivity contribution is 0.489. The van der Waals surface area contributed by atoms with Gasteiger partial charge in [-0.2, -0.15) is 0 Å². The van der Waals surface area contributed by atoms with E-state index in [-0.39, 0.29) is 24.0 Å². The molecule has 2 N–H and O–H groups in total. The Hall–Kier alpha value is -0.370. The van der Waals surface area contributed by atoms with Crippen LogP contribution < -0.4 is 10.6 Å². The van der Waals surface area contributed by atoms with E-state index in [1.807, 2.05) is 14.0 Å². The minimum atomic E-state index is 0. The number of nitrogens with one attached hydrogen (secondary N) is 2. The molecular weight excluding hydrogens is 407 g/mol. The molecule has 0 saturated carbocycles. The van der Waals surface area contributed by atoms with Crippen LogP contribution in [0, 0.1) is 12.8 Å². The van der Waals surface area contributed by atoms with Crippen molar-refractivity contribution in [3.8, 4) is 0 Å². The summed E-state index contributed by atoms with van der Waals surface area (Å²) in [5, 5.41) is 10.2. The Morgan fingerprint density at radius 3 is 2.59 bits per heavy atom. The van der Waals surface area contributed by atoms with Crippen LogP contribution in [0.5, 0.6) is 0 Å². The minimum Gasteiger partial charge on any atom is -0.356 e.